The highest BCUT2D eigenvalue weighted by molar-refractivity contribution is 5.58. The first-order valence-electron chi connectivity index (χ1n) is 8.59. The Bertz CT molecular complexity index is 891. The molecule has 3 atom stereocenters. The summed E-state index contributed by atoms with van der Waals surface area (Å²) in [6.45, 7) is 2.15. The lowest BCUT2D eigenvalue weighted by atomic mass is 9.57. The molecule has 0 saturated heterocycles. The van der Waals surface area contributed by atoms with Gasteiger partial charge in [0, 0.05) is 5.92 Å². The van der Waals surface area contributed by atoms with Crippen LogP contribution in [0.3, 0.4) is 0 Å². The maximum Gasteiger partial charge on any atom is 0.204 e. The van der Waals surface area contributed by atoms with E-state index in [1.807, 2.05) is 30.3 Å². The van der Waals surface area contributed by atoms with E-state index in [-0.39, 0.29) is 17.5 Å². The average Bonchev–Trinajstić information content (AvgIpc) is 2.68. The van der Waals surface area contributed by atoms with Crippen LogP contribution >= 0.6 is 0 Å². The summed E-state index contributed by atoms with van der Waals surface area (Å²) >= 11 is 0. The molecule has 0 saturated carbocycles. The molecule has 0 amide bonds. The molecule has 1 aromatic rings. The molecule has 2 N–H and O–H groups in total. The zero-order valence-electron chi connectivity index (χ0n) is 14.9. The number of methoxy groups -OCH3 is 1. The van der Waals surface area contributed by atoms with Crippen molar-refractivity contribution in [2.24, 2.45) is 23.0 Å². The van der Waals surface area contributed by atoms with E-state index in [4.69, 9.17) is 10.5 Å². The van der Waals surface area contributed by atoms with Crippen molar-refractivity contribution in [3.05, 3.63) is 52.7 Å². The van der Waals surface area contributed by atoms with Crippen LogP contribution in [-0.2, 0) is 0 Å². The van der Waals surface area contributed by atoms with Crippen LogP contribution in [-0.4, -0.2) is 7.11 Å². The first kappa shape index (κ1) is 17.6. The molecular formula is C21H20N4O. The van der Waals surface area contributed by atoms with E-state index in [1.165, 1.54) is 0 Å². The molecule has 0 fully saturated rings. The summed E-state index contributed by atoms with van der Waals surface area (Å²) in [5, 5.41) is 29.4. The number of nitrogens with zero attached hydrogens (tertiary/aromatic N) is 3. The third-order valence-electron chi connectivity index (χ3n) is 5.57. The Morgan fingerprint density at radius 1 is 1.15 bits per heavy atom. The van der Waals surface area contributed by atoms with Gasteiger partial charge in [-0.3, -0.25) is 0 Å². The van der Waals surface area contributed by atoms with E-state index in [9.17, 15) is 15.8 Å². The largest absolute Gasteiger partial charge is 0.497 e. The van der Waals surface area contributed by atoms with Crippen molar-refractivity contribution in [1.82, 2.24) is 0 Å². The highest BCUT2D eigenvalue weighted by Gasteiger charge is 2.52. The number of nitriles is 3. The molecule has 2 aliphatic rings. The van der Waals surface area contributed by atoms with Crippen molar-refractivity contribution in [2.45, 2.75) is 25.7 Å². The van der Waals surface area contributed by atoms with Gasteiger partial charge in [0.2, 0.25) is 5.41 Å². The van der Waals surface area contributed by atoms with Gasteiger partial charge in [-0.1, -0.05) is 25.1 Å². The van der Waals surface area contributed by atoms with Crippen LogP contribution in [0.5, 0.6) is 5.75 Å². The maximum absolute atomic E-state index is 9.82. The quantitative estimate of drug-likeness (QED) is 0.826. The summed E-state index contributed by atoms with van der Waals surface area (Å²) in [4.78, 5) is 0. The zero-order chi connectivity index (χ0) is 18.9. The summed E-state index contributed by atoms with van der Waals surface area (Å²) in [6, 6.07) is 14.0. The number of allylic oxidation sites excluding steroid dienone is 3. The lowest BCUT2D eigenvalue weighted by Crippen LogP contribution is -2.41. The van der Waals surface area contributed by atoms with Gasteiger partial charge in [-0.25, -0.2) is 0 Å². The van der Waals surface area contributed by atoms with Gasteiger partial charge >= 0.3 is 0 Å². The number of rotatable bonds is 2. The molecule has 130 valence electrons. The van der Waals surface area contributed by atoms with E-state index < -0.39 is 5.41 Å². The molecule has 2 aliphatic carbocycles. The van der Waals surface area contributed by atoms with E-state index in [0.29, 0.717) is 11.5 Å². The molecule has 0 bridgehead atoms. The molecule has 5 nitrogen and oxygen atoms in total. The number of hydrogen-bond donors (Lipinski definition) is 1. The van der Waals surface area contributed by atoms with Gasteiger partial charge in [-0.15, -0.1) is 0 Å². The smallest absolute Gasteiger partial charge is 0.204 e. The van der Waals surface area contributed by atoms with Crippen LogP contribution in [0.4, 0.5) is 0 Å². The molecular weight excluding hydrogens is 324 g/mol. The van der Waals surface area contributed by atoms with Gasteiger partial charge in [0.15, 0.2) is 0 Å². The molecule has 1 aromatic carbocycles. The predicted octanol–water partition coefficient (Wildman–Crippen LogP) is 3.53. The van der Waals surface area contributed by atoms with Crippen molar-refractivity contribution >= 4 is 0 Å². The van der Waals surface area contributed by atoms with Gasteiger partial charge in [0.05, 0.1) is 36.6 Å². The zero-order valence-corrected chi connectivity index (χ0v) is 14.9. The van der Waals surface area contributed by atoms with Crippen molar-refractivity contribution in [3.8, 4) is 24.0 Å². The Hall–Kier alpha value is -3.23. The second-order valence-electron chi connectivity index (χ2n) is 7.01. The molecule has 0 unspecified atom stereocenters. The Kier molecular flexibility index (Phi) is 4.45. The van der Waals surface area contributed by atoms with E-state index in [2.05, 4.69) is 25.1 Å². The minimum atomic E-state index is -1.54. The Morgan fingerprint density at radius 3 is 2.35 bits per heavy atom. The van der Waals surface area contributed by atoms with Crippen LogP contribution in [0.2, 0.25) is 0 Å². The maximum atomic E-state index is 9.82. The first-order valence-corrected chi connectivity index (χ1v) is 8.59. The van der Waals surface area contributed by atoms with Gasteiger partial charge in [0.25, 0.3) is 0 Å². The van der Waals surface area contributed by atoms with Crippen molar-refractivity contribution in [2.75, 3.05) is 7.11 Å². The molecule has 0 radical (unpaired) electrons. The second-order valence-corrected chi connectivity index (χ2v) is 7.01. The minimum absolute atomic E-state index is 0.0721. The molecule has 3 rings (SSSR count). The normalized spacial score (nSPS) is 26.6. The van der Waals surface area contributed by atoms with E-state index in [1.54, 1.807) is 7.11 Å². The molecule has 0 heterocycles. The topological polar surface area (TPSA) is 107 Å². The number of ether oxygens (including phenoxy) is 1. The van der Waals surface area contributed by atoms with E-state index >= 15 is 0 Å². The molecule has 0 aromatic heterocycles. The molecule has 0 aliphatic heterocycles. The van der Waals surface area contributed by atoms with Gasteiger partial charge in [0.1, 0.15) is 5.75 Å². The SMILES string of the molecule is COc1ccc([C@@H]2C(C#N)=C(N)C(C#N)(C#N)C3=CC[C@H](C)C[C@@H]32)cc1. The van der Waals surface area contributed by atoms with Crippen molar-refractivity contribution in [3.63, 3.8) is 0 Å². The van der Waals surface area contributed by atoms with E-state index in [0.717, 1.165) is 29.7 Å². The monoisotopic (exact) mass is 344 g/mol. The standard InChI is InChI=1S/C21H20N4O/c1-13-3-8-18-16(9-13)19(14-4-6-15(26-2)7-5-14)17(10-22)20(25)21(18,11-23)12-24/h4-8,13,16,19H,3,9,25H2,1-2H3/t13-,16-,19-/m0/s1. The van der Waals surface area contributed by atoms with Gasteiger partial charge < -0.3 is 10.5 Å². The summed E-state index contributed by atoms with van der Waals surface area (Å²) in [5.41, 5.74) is 6.81. The summed E-state index contributed by atoms with van der Waals surface area (Å²) in [6.07, 6.45) is 3.61. The fraction of sp³-hybridized carbons (Fsp3) is 0.381. The second kappa shape index (κ2) is 6.58. The van der Waals surface area contributed by atoms with Crippen LogP contribution in [0.1, 0.15) is 31.2 Å². The highest BCUT2D eigenvalue weighted by Crippen LogP contribution is 2.55. The Labute approximate surface area is 153 Å². The Morgan fingerprint density at radius 2 is 1.81 bits per heavy atom. The fourth-order valence-electron chi connectivity index (χ4n) is 4.22. The summed E-state index contributed by atoms with van der Waals surface area (Å²) in [5.74, 6) is 0.804. The third kappa shape index (κ3) is 2.43. The lowest BCUT2D eigenvalue weighted by Gasteiger charge is -2.43. The van der Waals surface area contributed by atoms with Crippen LogP contribution in [0.25, 0.3) is 0 Å². The number of hydrogen-bond acceptors (Lipinski definition) is 5. The average molecular weight is 344 g/mol. The molecule has 26 heavy (non-hydrogen) atoms. The fourth-order valence-corrected chi connectivity index (χ4v) is 4.22. The van der Waals surface area contributed by atoms with Crippen LogP contribution < -0.4 is 10.5 Å². The van der Waals surface area contributed by atoms with Crippen LogP contribution in [0.15, 0.2) is 47.2 Å². The Balaban J connectivity index is 2.26. The number of nitrogens with two attached hydrogens (primary N) is 1. The highest BCUT2D eigenvalue weighted by atomic mass is 16.5. The molecule has 0 spiro atoms. The van der Waals surface area contributed by atoms with Gasteiger partial charge in [-0.2, -0.15) is 15.8 Å². The molecule has 5 heteroatoms. The summed E-state index contributed by atoms with van der Waals surface area (Å²) < 4.78 is 5.22. The minimum Gasteiger partial charge on any atom is -0.497 e. The third-order valence-corrected chi connectivity index (χ3v) is 5.57. The first-order chi connectivity index (χ1) is 12.5. The van der Waals surface area contributed by atoms with Crippen molar-refractivity contribution in [1.29, 1.82) is 15.8 Å². The number of benzene rings is 1. The predicted molar refractivity (Wildman–Crippen MR) is 96.2 cm³/mol. The van der Waals surface area contributed by atoms with Gasteiger partial charge in [-0.05, 0) is 47.9 Å². The van der Waals surface area contributed by atoms with Crippen LogP contribution in [0, 0.1) is 51.2 Å². The van der Waals surface area contributed by atoms with Crippen molar-refractivity contribution < 1.29 is 4.74 Å². The summed E-state index contributed by atoms with van der Waals surface area (Å²) in [7, 11) is 1.60. The number of fused-ring (bicyclic) bond motifs is 1. The lowest BCUT2D eigenvalue weighted by molar-refractivity contribution is 0.334.